The van der Waals surface area contributed by atoms with Gasteiger partial charge in [0.2, 0.25) is 0 Å². The Hall–Kier alpha value is -2.45. The molecule has 2 rings (SSSR count). The second kappa shape index (κ2) is 7.36. The molecule has 0 spiro atoms. The van der Waals surface area contributed by atoms with Gasteiger partial charge < -0.3 is 10.2 Å². The maximum absolute atomic E-state index is 11.6. The van der Waals surface area contributed by atoms with Crippen LogP contribution in [0.1, 0.15) is 5.56 Å². The number of anilines is 2. The van der Waals surface area contributed by atoms with E-state index >= 15 is 0 Å². The van der Waals surface area contributed by atoms with E-state index in [9.17, 15) is 4.79 Å². The molecule has 0 aliphatic heterocycles. The molecule has 2 aromatic rings. The van der Waals surface area contributed by atoms with E-state index in [1.165, 1.54) is 11.3 Å². The molecule has 21 heavy (non-hydrogen) atoms. The smallest absolute Gasteiger partial charge is 0.320 e. The topological polar surface area (TPSA) is 44.4 Å². The second-order valence-corrected chi connectivity index (χ2v) is 5.48. The van der Waals surface area contributed by atoms with Gasteiger partial charge in [-0.15, -0.1) is 11.3 Å². The van der Waals surface area contributed by atoms with Gasteiger partial charge in [-0.25, -0.2) is 4.79 Å². The third-order valence-electron chi connectivity index (χ3n) is 2.71. The van der Waals surface area contributed by atoms with Gasteiger partial charge >= 0.3 is 6.03 Å². The van der Waals surface area contributed by atoms with Crippen LogP contribution >= 0.6 is 11.3 Å². The summed E-state index contributed by atoms with van der Waals surface area (Å²) in [5.74, 6) is 5.95. The van der Waals surface area contributed by atoms with Crippen molar-refractivity contribution in [3.8, 4) is 11.8 Å². The number of hydrogen-bond donors (Lipinski definition) is 2. The summed E-state index contributed by atoms with van der Waals surface area (Å²) in [6, 6.07) is 11.5. The van der Waals surface area contributed by atoms with Crippen LogP contribution in [0.15, 0.2) is 41.8 Å². The fourth-order valence-corrected chi connectivity index (χ4v) is 2.23. The Labute approximate surface area is 128 Å². The number of amides is 2. The molecule has 0 aliphatic carbocycles. The maximum atomic E-state index is 11.6. The lowest BCUT2D eigenvalue weighted by Crippen LogP contribution is -2.28. The van der Waals surface area contributed by atoms with E-state index in [0.29, 0.717) is 6.54 Å². The van der Waals surface area contributed by atoms with E-state index in [-0.39, 0.29) is 6.03 Å². The van der Waals surface area contributed by atoms with E-state index in [2.05, 4.69) is 22.5 Å². The van der Waals surface area contributed by atoms with Crippen molar-refractivity contribution in [3.05, 3.63) is 47.3 Å². The van der Waals surface area contributed by atoms with Gasteiger partial charge in [0.15, 0.2) is 0 Å². The van der Waals surface area contributed by atoms with E-state index < -0.39 is 0 Å². The molecule has 1 aromatic heterocycles. The molecule has 4 nitrogen and oxygen atoms in total. The Morgan fingerprint density at radius 2 is 2.00 bits per heavy atom. The molecule has 108 valence electrons. The van der Waals surface area contributed by atoms with Crippen LogP contribution in [0.25, 0.3) is 0 Å². The predicted molar refractivity (Wildman–Crippen MR) is 89.0 cm³/mol. The predicted octanol–water partition coefficient (Wildman–Crippen LogP) is 2.99. The summed E-state index contributed by atoms with van der Waals surface area (Å²) in [5.41, 5.74) is 2.06. The van der Waals surface area contributed by atoms with Gasteiger partial charge in [0, 0.05) is 25.3 Å². The molecule has 0 atom stereocenters. The molecule has 0 radical (unpaired) electrons. The van der Waals surface area contributed by atoms with Crippen LogP contribution in [0.5, 0.6) is 0 Å². The number of carbonyl (C=O) groups is 1. The molecule has 1 aromatic carbocycles. The largest absolute Gasteiger partial charge is 0.378 e. The van der Waals surface area contributed by atoms with Gasteiger partial charge in [0.05, 0.1) is 11.5 Å². The zero-order valence-corrected chi connectivity index (χ0v) is 12.8. The minimum atomic E-state index is -0.241. The van der Waals surface area contributed by atoms with Crippen LogP contribution in [0.2, 0.25) is 0 Å². The summed E-state index contributed by atoms with van der Waals surface area (Å²) in [7, 11) is 3.99. The number of nitrogens with one attached hydrogen (secondary N) is 2. The quantitative estimate of drug-likeness (QED) is 0.856. The van der Waals surface area contributed by atoms with Crippen LogP contribution < -0.4 is 15.5 Å². The SMILES string of the molecule is CN(C)c1ccc(C#CCNC(=O)Nc2cccs2)cc1. The number of hydrogen-bond acceptors (Lipinski definition) is 3. The van der Waals surface area contributed by atoms with Crippen LogP contribution in [0.3, 0.4) is 0 Å². The van der Waals surface area contributed by atoms with Gasteiger partial charge in [0.25, 0.3) is 0 Å². The first-order valence-corrected chi connectivity index (χ1v) is 7.38. The molecule has 1 heterocycles. The highest BCUT2D eigenvalue weighted by atomic mass is 32.1. The Morgan fingerprint density at radius 1 is 1.24 bits per heavy atom. The number of urea groups is 1. The zero-order valence-electron chi connectivity index (χ0n) is 12.0. The average molecular weight is 299 g/mol. The monoisotopic (exact) mass is 299 g/mol. The Morgan fingerprint density at radius 3 is 2.62 bits per heavy atom. The summed E-state index contributed by atoms with van der Waals surface area (Å²) >= 11 is 1.48. The number of thiophene rings is 1. The fraction of sp³-hybridized carbons (Fsp3) is 0.188. The summed E-state index contributed by atoms with van der Waals surface area (Å²) in [4.78, 5) is 13.6. The van der Waals surface area contributed by atoms with Crippen molar-refractivity contribution in [2.75, 3.05) is 30.9 Å². The molecule has 0 saturated heterocycles. The van der Waals surface area contributed by atoms with Crippen LogP contribution in [0.4, 0.5) is 15.5 Å². The third kappa shape index (κ3) is 4.86. The summed E-state index contributed by atoms with van der Waals surface area (Å²) in [6.45, 7) is 0.312. The first kappa shape index (κ1) is 14.9. The minimum Gasteiger partial charge on any atom is -0.378 e. The molecule has 5 heteroatoms. The van der Waals surface area contributed by atoms with Crippen molar-refractivity contribution in [2.24, 2.45) is 0 Å². The molecule has 0 fully saturated rings. The zero-order chi connectivity index (χ0) is 15.1. The lowest BCUT2D eigenvalue weighted by atomic mass is 10.2. The average Bonchev–Trinajstić information content (AvgIpc) is 2.97. The molecule has 2 N–H and O–H groups in total. The van der Waals surface area contributed by atoms with Crippen molar-refractivity contribution in [2.45, 2.75) is 0 Å². The van der Waals surface area contributed by atoms with E-state index in [1.807, 2.05) is 60.8 Å². The lowest BCUT2D eigenvalue weighted by Gasteiger charge is -2.11. The van der Waals surface area contributed by atoms with Gasteiger partial charge in [-0.2, -0.15) is 0 Å². The standard InChI is InChI=1S/C16H17N3OS/c1-19(2)14-9-7-13(8-10-14)5-3-11-17-16(20)18-15-6-4-12-21-15/h4,6-10,12H,11H2,1-2H3,(H2,17,18,20). The first-order chi connectivity index (χ1) is 10.1. The fourth-order valence-electron chi connectivity index (χ4n) is 1.62. The van der Waals surface area contributed by atoms with Crippen molar-refractivity contribution in [1.29, 1.82) is 0 Å². The summed E-state index contributed by atoms with van der Waals surface area (Å²) < 4.78 is 0. The molecule has 0 bridgehead atoms. The van der Waals surface area contributed by atoms with E-state index in [4.69, 9.17) is 0 Å². The molecule has 0 unspecified atom stereocenters. The van der Waals surface area contributed by atoms with Crippen LogP contribution in [-0.4, -0.2) is 26.7 Å². The highest BCUT2D eigenvalue weighted by molar-refractivity contribution is 7.14. The number of benzene rings is 1. The maximum Gasteiger partial charge on any atom is 0.320 e. The molecular weight excluding hydrogens is 282 g/mol. The lowest BCUT2D eigenvalue weighted by molar-refractivity contribution is 0.253. The van der Waals surface area contributed by atoms with Gasteiger partial charge in [-0.3, -0.25) is 5.32 Å². The van der Waals surface area contributed by atoms with Crippen molar-refractivity contribution in [3.63, 3.8) is 0 Å². The van der Waals surface area contributed by atoms with Crippen LogP contribution in [-0.2, 0) is 0 Å². The summed E-state index contributed by atoms with van der Waals surface area (Å²) in [6.07, 6.45) is 0. The van der Waals surface area contributed by atoms with Crippen molar-refractivity contribution >= 4 is 28.1 Å². The van der Waals surface area contributed by atoms with E-state index in [0.717, 1.165) is 16.3 Å². The first-order valence-electron chi connectivity index (χ1n) is 6.50. The molecule has 0 saturated carbocycles. The second-order valence-electron chi connectivity index (χ2n) is 4.53. The molecule has 2 amide bonds. The molecular formula is C16H17N3OS. The Kier molecular flexibility index (Phi) is 5.24. The van der Waals surface area contributed by atoms with Crippen LogP contribution in [0, 0.1) is 11.8 Å². The van der Waals surface area contributed by atoms with Gasteiger partial charge in [0.1, 0.15) is 0 Å². The summed E-state index contributed by atoms with van der Waals surface area (Å²) in [5, 5.41) is 8.16. The van der Waals surface area contributed by atoms with E-state index in [1.54, 1.807) is 0 Å². The Bertz CT molecular complexity index is 636. The normalized spacial score (nSPS) is 9.43. The highest BCUT2D eigenvalue weighted by Gasteiger charge is 1.99. The number of rotatable bonds is 3. The molecule has 0 aliphatic rings. The minimum absolute atomic E-state index is 0.241. The highest BCUT2D eigenvalue weighted by Crippen LogP contribution is 2.14. The van der Waals surface area contributed by atoms with Crippen molar-refractivity contribution < 1.29 is 4.79 Å². The van der Waals surface area contributed by atoms with Crippen molar-refractivity contribution in [1.82, 2.24) is 5.32 Å². The Balaban J connectivity index is 1.79. The van der Waals surface area contributed by atoms with Gasteiger partial charge in [-0.05, 0) is 41.8 Å². The number of carbonyl (C=O) groups excluding carboxylic acids is 1. The van der Waals surface area contributed by atoms with Gasteiger partial charge in [-0.1, -0.05) is 11.8 Å². The number of nitrogens with zero attached hydrogens (tertiary/aromatic N) is 1. The third-order valence-corrected chi connectivity index (χ3v) is 3.50.